The van der Waals surface area contributed by atoms with Gasteiger partial charge in [-0.3, -0.25) is 19.6 Å². The maximum Gasteiger partial charge on any atom is 0.308 e. The van der Waals surface area contributed by atoms with Crippen LogP contribution < -0.4 is 0 Å². The molecule has 2 fully saturated rings. The molecule has 1 saturated carbocycles. The molecule has 4 rings (SSSR count). The Morgan fingerprint density at radius 2 is 1.81 bits per heavy atom. The van der Waals surface area contributed by atoms with Gasteiger partial charge in [-0.15, -0.1) is 0 Å². The van der Waals surface area contributed by atoms with Crippen molar-refractivity contribution in [3.8, 4) is 0 Å². The second kappa shape index (κ2) is 7.07. The summed E-state index contributed by atoms with van der Waals surface area (Å²) in [6.07, 6.45) is 3.79. The first-order valence-corrected chi connectivity index (χ1v) is 9.34. The van der Waals surface area contributed by atoms with Crippen molar-refractivity contribution in [2.24, 2.45) is 5.92 Å². The summed E-state index contributed by atoms with van der Waals surface area (Å²) in [5, 5.41) is 17.5. The molecule has 2 N–H and O–H groups in total. The monoisotopic (exact) mass is 356 g/mol. The number of aliphatic carboxylic acids is 1. The van der Waals surface area contributed by atoms with E-state index in [1.165, 1.54) is 0 Å². The number of nitrogens with zero attached hydrogens (tertiary/aromatic N) is 3. The molecule has 1 amide bonds. The standard InChI is InChI=1S/C19H24N4O3/c24-18(17-13-5-1-3-7-15(13)20-21-17)23-11-9-22(10-12-23)16-8-4-2-6-14(16)19(25)26/h1,3,5,7,14,16H,2,4,6,8-12H2,(H,20,21)(H,25,26)/t14-,16-/m1/s1. The van der Waals surface area contributed by atoms with Gasteiger partial charge in [-0.05, 0) is 18.9 Å². The van der Waals surface area contributed by atoms with Gasteiger partial charge in [-0.1, -0.05) is 31.0 Å². The predicted octanol–water partition coefficient (Wildman–Crippen LogP) is 1.96. The van der Waals surface area contributed by atoms with Gasteiger partial charge in [0.05, 0.1) is 11.4 Å². The molecule has 26 heavy (non-hydrogen) atoms. The highest BCUT2D eigenvalue weighted by Crippen LogP contribution is 2.29. The zero-order valence-electron chi connectivity index (χ0n) is 14.7. The Kier molecular flexibility index (Phi) is 4.63. The van der Waals surface area contributed by atoms with Gasteiger partial charge in [0, 0.05) is 37.6 Å². The number of carboxylic acid groups (broad SMARTS) is 1. The third-order valence-electron chi connectivity index (χ3n) is 5.79. The normalized spacial score (nSPS) is 24.7. The van der Waals surface area contributed by atoms with Crippen molar-refractivity contribution in [1.29, 1.82) is 0 Å². The largest absolute Gasteiger partial charge is 0.481 e. The summed E-state index contributed by atoms with van der Waals surface area (Å²) in [5.74, 6) is -1.02. The fraction of sp³-hybridized carbons (Fsp3) is 0.526. The van der Waals surface area contributed by atoms with E-state index in [0.29, 0.717) is 18.8 Å². The van der Waals surface area contributed by atoms with Crippen LogP contribution in [0.3, 0.4) is 0 Å². The minimum absolute atomic E-state index is 0.0551. The average molecular weight is 356 g/mol. The number of benzene rings is 1. The Morgan fingerprint density at radius 3 is 2.58 bits per heavy atom. The number of carbonyl (C=O) groups excluding carboxylic acids is 1. The van der Waals surface area contributed by atoms with Crippen LogP contribution in [-0.4, -0.2) is 69.2 Å². The van der Waals surface area contributed by atoms with E-state index in [4.69, 9.17) is 0 Å². The molecular weight excluding hydrogens is 332 g/mol. The quantitative estimate of drug-likeness (QED) is 0.878. The second-order valence-corrected chi connectivity index (χ2v) is 7.24. The number of hydrogen-bond acceptors (Lipinski definition) is 4. The van der Waals surface area contributed by atoms with Crippen molar-refractivity contribution in [2.75, 3.05) is 26.2 Å². The molecule has 1 aromatic heterocycles. The number of para-hydroxylation sites is 1. The van der Waals surface area contributed by atoms with E-state index in [0.717, 1.165) is 49.7 Å². The number of carboxylic acids is 1. The topological polar surface area (TPSA) is 89.5 Å². The molecule has 0 unspecified atom stereocenters. The van der Waals surface area contributed by atoms with Crippen LogP contribution in [0.4, 0.5) is 0 Å². The molecule has 2 aromatic rings. The van der Waals surface area contributed by atoms with Gasteiger partial charge in [0.25, 0.3) is 5.91 Å². The summed E-state index contributed by atoms with van der Waals surface area (Å²) < 4.78 is 0. The summed E-state index contributed by atoms with van der Waals surface area (Å²) in [6.45, 7) is 2.68. The van der Waals surface area contributed by atoms with Gasteiger partial charge in [0.15, 0.2) is 5.69 Å². The van der Waals surface area contributed by atoms with Crippen molar-refractivity contribution in [3.05, 3.63) is 30.0 Å². The molecule has 1 aliphatic heterocycles. The highest BCUT2D eigenvalue weighted by atomic mass is 16.4. The number of H-pyrrole nitrogens is 1. The number of nitrogens with one attached hydrogen (secondary N) is 1. The molecule has 1 aromatic carbocycles. The predicted molar refractivity (Wildman–Crippen MR) is 97.0 cm³/mol. The van der Waals surface area contributed by atoms with Crippen LogP contribution >= 0.6 is 0 Å². The number of aromatic amines is 1. The lowest BCUT2D eigenvalue weighted by Gasteiger charge is -2.42. The van der Waals surface area contributed by atoms with Crippen LogP contribution in [0.1, 0.15) is 36.2 Å². The average Bonchev–Trinajstić information content (AvgIpc) is 3.11. The number of amides is 1. The van der Waals surface area contributed by atoms with E-state index in [9.17, 15) is 14.7 Å². The molecule has 1 saturated heterocycles. The minimum Gasteiger partial charge on any atom is -0.481 e. The molecule has 2 atom stereocenters. The molecule has 2 aliphatic rings. The lowest BCUT2D eigenvalue weighted by Crippen LogP contribution is -2.55. The Balaban J connectivity index is 1.43. The van der Waals surface area contributed by atoms with Gasteiger partial charge in [0.1, 0.15) is 0 Å². The molecular formula is C19H24N4O3. The number of fused-ring (bicyclic) bond motifs is 1. The third-order valence-corrected chi connectivity index (χ3v) is 5.79. The summed E-state index contributed by atoms with van der Waals surface area (Å²) in [7, 11) is 0. The first kappa shape index (κ1) is 17.0. The highest BCUT2D eigenvalue weighted by Gasteiger charge is 2.36. The molecule has 1 aliphatic carbocycles. The summed E-state index contributed by atoms with van der Waals surface area (Å²) >= 11 is 0. The second-order valence-electron chi connectivity index (χ2n) is 7.24. The molecule has 0 spiro atoms. The number of carbonyl (C=O) groups is 2. The number of rotatable bonds is 3. The van der Waals surface area contributed by atoms with E-state index in [-0.39, 0.29) is 17.9 Å². The van der Waals surface area contributed by atoms with E-state index < -0.39 is 5.97 Å². The van der Waals surface area contributed by atoms with Gasteiger partial charge < -0.3 is 10.0 Å². The van der Waals surface area contributed by atoms with Crippen molar-refractivity contribution < 1.29 is 14.7 Å². The lowest BCUT2D eigenvalue weighted by molar-refractivity contribution is -0.146. The van der Waals surface area contributed by atoms with Crippen LogP contribution in [0.2, 0.25) is 0 Å². The van der Waals surface area contributed by atoms with E-state index in [2.05, 4.69) is 15.1 Å². The summed E-state index contributed by atoms with van der Waals surface area (Å²) in [5.41, 5.74) is 1.33. The SMILES string of the molecule is O=C(O)[C@@H]1CCCC[C@H]1N1CCN(C(=O)c2n[nH]c3ccccc23)CC1. The molecule has 0 bridgehead atoms. The first-order chi connectivity index (χ1) is 12.6. The number of piperazine rings is 1. The maximum atomic E-state index is 12.9. The fourth-order valence-electron chi connectivity index (χ4n) is 4.37. The van der Waals surface area contributed by atoms with Crippen molar-refractivity contribution in [3.63, 3.8) is 0 Å². The first-order valence-electron chi connectivity index (χ1n) is 9.34. The van der Waals surface area contributed by atoms with E-state index in [1.807, 2.05) is 29.2 Å². The van der Waals surface area contributed by atoms with E-state index in [1.54, 1.807) is 0 Å². The Bertz CT molecular complexity index is 810. The Labute approximate surface area is 152 Å². The molecule has 2 heterocycles. The van der Waals surface area contributed by atoms with Gasteiger partial charge >= 0.3 is 5.97 Å². The Hall–Kier alpha value is -2.41. The summed E-state index contributed by atoms with van der Waals surface area (Å²) in [6, 6.07) is 7.73. The van der Waals surface area contributed by atoms with Gasteiger partial charge in [-0.2, -0.15) is 5.10 Å². The van der Waals surface area contributed by atoms with Crippen LogP contribution in [0.5, 0.6) is 0 Å². The maximum absolute atomic E-state index is 12.9. The van der Waals surface area contributed by atoms with E-state index >= 15 is 0 Å². The number of aromatic nitrogens is 2. The third kappa shape index (κ3) is 3.07. The van der Waals surface area contributed by atoms with Crippen LogP contribution in [0.15, 0.2) is 24.3 Å². The molecule has 7 heteroatoms. The van der Waals surface area contributed by atoms with Crippen LogP contribution in [0, 0.1) is 5.92 Å². The zero-order chi connectivity index (χ0) is 18.1. The smallest absolute Gasteiger partial charge is 0.308 e. The Morgan fingerprint density at radius 1 is 1.08 bits per heavy atom. The molecule has 0 radical (unpaired) electrons. The highest BCUT2D eigenvalue weighted by molar-refractivity contribution is 6.04. The molecule has 7 nitrogen and oxygen atoms in total. The van der Waals surface area contributed by atoms with Crippen molar-refractivity contribution in [2.45, 2.75) is 31.7 Å². The van der Waals surface area contributed by atoms with Crippen LogP contribution in [0.25, 0.3) is 10.9 Å². The fourth-order valence-corrected chi connectivity index (χ4v) is 4.37. The minimum atomic E-state index is -0.684. The van der Waals surface area contributed by atoms with Crippen molar-refractivity contribution >= 4 is 22.8 Å². The van der Waals surface area contributed by atoms with Gasteiger partial charge in [-0.25, -0.2) is 0 Å². The number of hydrogen-bond donors (Lipinski definition) is 2. The van der Waals surface area contributed by atoms with Gasteiger partial charge in [0.2, 0.25) is 0 Å². The lowest BCUT2D eigenvalue weighted by atomic mass is 9.83. The molecule has 138 valence electrons. The van der Waals surface area contributed by atoms with Crippen molar-refractivity contribution in [1.82, 2.24) is 20.0 Å². The zero-order valence-corrected chi connectivity index (χ0v) is 14.7. The van der Waals surface area contributed by atoms with Crippen LogP contribution in [-0.2, 0) is 4.79 Å². The summed E-state index contributed by atoms with van der Waals surface area (Å²) in [4.78, 5) is 28.5.